The third-order valence-corrected chi connectivity index (χ3v) is 2.62. The molecule has 22 heavy (non-hydrogen) atoms. The van der Waals surface area contributed by atoms with Gasteiger partial charge in [0.05, 0.1) is 12.2 Å². The molecule has 0 aromatic heterocycles. The second-order valence-corrected chi connectivity index (χ2v) is 4.27. The summed E-state index contributed by atoms with van der Waals surface area (Å²) in [5, 5.41) is 0. The average molecular weight is 314 g/mol. The molecule has 0 saturated heterocycles. The van der Waals surface area contributed by atoms with Crippen molar-refractivity contribution in [1.82, 2.24) is 0 Å². The van der Waals surface area contributed by atoms with Gasteiger partial charge in [0, 0.05) is 0 Å². The molecular weight excluding hydrogens is 304 g/mol. The molecule has 0 unspecified atom stereocenters. The van der Waals surface area contributed by atoms with Gasteiger partial charge in [0.1, 0.15) is 11.6 Å². The molecule has 0 heterocycles. The number of carbonyl (C=O) groups is 1. The second-order valence-electron chi connectivity index (χ2n) is 4.27. The molecule has 0 radical (unpaired) electrons. The molecule has 0 spiro atoms. The number of hydrogen-bond acceptors (Lipinski definition) is 3. The maximum absolute atomic E-state index is 12.7. The average Bonchev–Trinajstić information content (AvgIpc) is 2.47. The Morgan fingerprint density at radius 2 is 1.55 bits per heavy atom. The van der Waals surface area contributed by atoms with Crippen LogP contribution in [0.15, 0.2) is 48.5 Å². The standard InChI is InChI=1S/C15H10F4O3/c16-12-5-7-13(8-6-12)22-14(20)11-3-1-10(2-4-11)9-21-15(17,18)19/h1-8H,9H2. The minimum absolute atomic E-state index is 0.153. The van der Waals surface area contributed by atoms with E-state index in [1.54, 1.807) is 0 Å². The van der Waals surface area contributed by atoms with E-state index in [9.17, 15) is 22.4 Å². The van der Waals surface area contributed by atoms with Gasteiger partial charge in [0.15, 0.2) is 0 Å². The first kappa shape index (κ1) is 16.0. The maximum atomic E-state index is 12.7. The normalized spacial score (nSPS) is 11.3. The maximum Gasteiger partial charge on any atom is 0.522 e. The molecule has 2 rings (SSSR count). The van der Waals surface area contributed by atoms with Crippen LogP contribution in [0.4, 0.5) is 17.6 Å². The van der Waals surface area contributed by atoms with Crippen LogP contribution in [0.1, 0.15) is 15.9 Å². The third-order valence-electron chi connectivity index (χ3n) is 2.62. The third kappa shape index (κ3) is 4.85. The number of ether oxygens (including phenoxy) is 2. The molecule has 7 heteroatoms. The monoisotopic (exact) mass is 314 g/mol. The van der Waals surface area contributed by atoms with Crippen molar-refractivity contribution in [3.05, 3.63) is 65.5 Å². The van der Waals surface area contributed by atoms with Gasteiger partial charge in [-0.15, -0.1) is 13.2 Å². The topological polar surface area (TPSA) is 35.5 Å². The van der Waals surface area contributed by atoms with Gasteiger partial charge >= 0.3 is 12.3 Å². The quantitative estimate of drug-likeness (QED) is 0.484. The van der Waals surface area contributed by atoms with E-state index in [2.05, 4.69) is 4.74 Å². The predicted octanol–water partition coefficient (Wildman–Crippen LogP) is 4.08. The summed E-state index contributed by atoms with van der Waals surface area (Å²) in [7, 11) is 0. The van der Waals surface area contributed by atoms with Gasteiger partial charge in [-0.1, -0.05) is 12.1 Å². The Hall–Kier alpha value is -2.41. The molecule has 0 aliphatic carbocycles. The molecule has 2 aromatic rings. The van der Waals surface area contributed by atoms with Crippen molar-refractivity contribution < 1.29 is 31.8 Å². The highest BCUT2D eigenvalue weighted by Gasteiger charge is 2.28. The van der Waals surface area contributed by atoms with Crippen LogP contribution < -0.4 is 4.74 Å². The van der Waals surface area contributed by atoms with Gasteiger partial charge in [-0.3, -0.25) is 4.74 Å². The molecule has 116 valence electrons. The fourth-order valence-corrected chi connectivity index (χ4v) is 1.57. The van der Waals surface area contributed by atoms with Crippen molar-refractivity contribution in [3.63, 3.8) is 0 Å². The molecule has 0 bridgehead atoms. The van der Waals surface area contributed by atoms with E-state index in [1.165, 1.54) is 36.4 Å². The molecule has 0 N–H and O–H groups in total. The van der Waals surface area contributed by atoms with Gasteiger partial charge in [-0.05, 0) is 42.0 Å². The summed E-state index contributed by atoms with van der Waals surface area (Å²) in [4.78, 5) is 11.8. The molecule has 0 amide bonds. The first-order chi connectivity index (χ1) is 10.3. The second kappa shape index (κ2) is 6.57. The Kier molecular flexibility index (Phi) is 4.77. The summed E-state index contributed by atoms with van der Waals surface area (Å²) >= 11 is 0. The lowest BCUT2D eigenvalue weighted by atomic mass is 10.1. The lowest BCUT2D eigenvalue weighted by molar-refractivity contribution is -0.330. The number of hydrogen-bond donors (Lipinski definition) is 0. The Bertz CT molecular complexity index is 633. The fourth-order valence-electron chi connectivity index (χ4n) is 1.57. The lowest BCUT2D eigenvalue weighted by Crippen LogP contribution is -2.13. The van der Waals surface area contributed by atoms with Crippen LogP contribution in [0.2, 0.25) is 0 Å². The number of carbonyl (C=O) groups excluding carboxylic acids is 1. The smallest absolute Gasteiger partial charge is 0.423 e. The fraction of sp³-hybridized carbons (Fsp3) is 0.133. The number of rotatable bonds is 4. The van der Waals surface area contributed by atoms with Gasteiger partial charge in [0.2, 0.25) is 0 Å². The van der Waals surface area contributed by atoms with Crippen molar-refractivity contribution >= 4 is 5.97 Å². The van der Waals surface area contributed by atoms with Crippen LogP contribution in [0.5, 0.6) is 5.75 Å². The van der Waals surface area contributed by atoms with E-state index in [-0.39, 0.29) is 16.9 Å². The first-order valence-electron chi connectivity index (χ1n) is 6.11. The summed E-state index contributed by atoms with van der Waals surface area (Å²) in [5.41, 5.74) is 0.413. The van der Waals surface area contributed by atoms with Gasteiger partial charge in [0.25, 0.3) is 0 Å². The van der Waals surface area contributed by atoms with Gasteiger partial charge in [-0.25, -0.2) is 9.18 Å². The summed E-state index contributed by atoms with van der Waals surface area (Å²) in [6, 6.07) is 10.2. The Labute approximate surface area is 123 Å². The molecule has 0 aliphatic heterocycles. The largest absolute Gasteiger partial charge is 0.522 e. The molecule has 0 fully saturated rings. The molecule has 2 aromatic carbocycles. The summed E-state index contributed by atoms with van der Waals surface area (Å²) in [5.74, 6) is -1.00. The predicted molar refractivity (Wildman–Crippen MR) is 68.6 cm³/mol. The summed E-state index contributed by atoms with van der Waals surface area (Å²) < 4.78 is 57.1. The van der Waals surface area contributed by atoms with Crippen LogP contribution >= 0.6 is 0 Å². The van der Waals surface area contributed by atoms with Crippen LogP contribution in [-0.2, 0) is 11.3 Å². The van der Waals surface area contributed by atoms with Crippen LogP contribution in [0.25, 0.3) is 0 Å². The van der Waals surface area contributed by atoms with E-state index >= 15 is 0 Å². The van der Waals surface area contributed by atoms with Crippen molar-refractivity contribution in [3.8, 4) is 5.75 Å². The minimum atomic E-state index is -4.71. The summed E-state index contributed by atoms with van der Waals surface area (Å²) in [6.07, 6.45) is -4.71. The van der Waals surface area contributed by atoms with Crippen molar-refractivity contribution in [2.75, 3.05) is 0 Å². The summed E-state index contributed by atoms with van der Waals surface area (Å²) in [6.45, 7) is -0.642. The van der Waals surface area contributed by atoms with Crippen LogP contribution in [-0.4, -0.2) is 12.3 Å². The van der Waals surface area contributed by atoms with E-state index in [1.807, 2.05) is 0 Å². The Morgan fingerprint density at radius 1 is 0.955 bits per heavy atom. The molecule has 0 saturated carbocycles. The highest BCUT2D eigenvalue weighted by atomic mass is 19.4. The van der Waals surface area contributed by atoms with Gasteiger partial charge in [-0.2, -0.15) is 0 Å². The van der Waals surface area contributed by atoms with E-state index in [0.717, 1.165) is 12.1 Å². The van der Waals surface area contributed by atoms with Crippen molar-refractivity contribution in [1.29, 1.82) is 0 Å². The first-order valence-corrected chi connectivity index (χ1v) is 6.11. The highest BCUT2D eigenvalue weighted by molar-refractivity contribution is 5.91. The molecule has 3 nitrogen and oxygen atoms in total. The lowest BCUT2D eigenvalue weighted by Gasteiger charge is -2.08. The van der Waals surface area contributed by atoms with Crippen LogP contribution in [0, 0.1) is 5.82 Å². The number of halogens is 4. The molecule has 0 aliphatic rings. The van der Waals surface area contributed by atoms with Crippen molar-refractivity contribution in [2.24, 2.45) is 0 Å². The highest BCUT2D eigenvalue weighted by Crippen LogP contribution is 2.19. The zero-order chi connectivity index (χ0) is 16.2. The van der Waals surface area contributed by atoms with Crippen molar-refractivity contribution in [2.45, 2.75) is 13.0 Å². The number of alkyl halides is 3. The Morgan fingerprint density at radius 3 is 2.09 bits per heavy atom. The van der Waals surface area contributed by atoms with Crippen LogP contribution in [0.3, 0.4) is 0 Å². The van der Waals surface area contributed by atoms with Gasteiger partial charge < -0.3 is 4.74 Å². The number of benzene rings is 2. The zero-order valence-electron chi connectivity index (χ0n) is 11.1. The van der Waals surface area contributed by atoms with E-state index < -0.39 is 24.8 Å². The SMILES string of the molecule is O=C(Oc1ccc(F)cc1)c1ccc(COC(F)(F)F)cc1. The van der Waals surface area contributed by atoms with E-state index in [0.29, 0.717) is 0 Å². The Balaban J connectivity index is 1.97. The molecule has 0 atom stereocenters. The number of esters is 1. The zero-order valence-corrected chi connectivity index (χ0v) is 11.1. The minimum Gasteiger partial charge on any atom is -0.423 e. The van der Waals surface area contributed by atoms with E-state index in [4.69, 9.17) is 4.74 Å². The molecular formula is C15H10F4O3.